The molecule has 7 atom stereocenters. The van der Waals surface area contributed by atoms with Crippen molar-refractivity contribution in [2.45, 2.75) is 84.3 Å². The van der Waals surface area contributed by atoms with Crippen LogP contribution in [-0.4, -0.2) is 135 Å². The predicted octanol–water partition coefficient (Wildman–Crippen LogP) is -2.65. The van der Waals surface area contributed by atoms with Gasteiger partial charge in [-0.3, -0.25) is 38.8 Å². The maximum atomic E-state index is 12.6. The first-order valence-electron chi connectivity index (χ1n) is 13.7. The molecule has 21 nitrogen and oxygen atoms in total. The minimum atomic E-state index is -1.63. The third kappa shape index (κ3) is 9.63. The number of amides is 1. The topological polar surface area (TPSA) is 264 Å². The summed E-state index contributed by atoms with van der Waals surface area (Å²) in [6.07, 6.45) is -9.40. The maximum absolute atomic E-state index is 12.6. The van der Waals surface area contributed by atoms with Crippen LogP contribution >= 0.6 is 0 Å². The number of hydrogen-bond donors (Lipinski definition) is 3. The van der Waals surface area contributed by atoms with Crippen molar-refractivity contribution in [3.63, 3.8) is 0 Å². The Morgan fingerprint density at radius 1 is 0.891 bits per heavy atom. The molecule has 2 fully saturated rings. The lowest BCUT2D eigenvalue weighted by Crippen LogP contribution is -2.63. The largest absolute Gasteiger partial charge is 0.479 e. The van der Waals surface area contributed by atoms with Gasteiger partial charge in [0.05, 0.1) is 18.7 Å². The molecule has 21 heteroatoms. The molecule has 1 aromatic rings. The smallest absolute Gasteiger partial charge is 0.343 e. The maximum Gasteiger partial charge on any atom is 0.343 e. The number of carboxylic acids is 1. The van der Waals surface area contributed by atoms with Gasteiger partial charge in [0.25, 0.3) is 6.35 Å². The van der Waals surface area contributed by atoms with Crippen molar-refractivity contribution in [3.05, 3.63) is 11.9 Å². The number of rotatable bonds is 13. The molecule has 2 unspecified atom stereocenters. The molecule has 0 spiro atoms. The Bertz CT molecular complexity index is 1290. The summed E-state index contributed by atoms with van der Waals surface area (Å²) in [6.45, 7) is 4.25. The van der Waals surface area contributed by atoms with Crippen molar-refractivity contribution >= 4 is 41.7 Å². The minimum Gasteiger partial charge on any atom is -0.479 e. The Labute approximate surface area is 260 Å². The molecular weight excluding hydrogens is 624 g/mol. The van der Waals surface area contributed by atoms with E-state index in [1.807, 2.05) is 0 Å². The molecule has 0 bridgehead atoms. The van der Waals surface area contributed by atoms with E-state index in [0.717, 1.165) is 44.5 Å². The van der Waals surface area contributed by atoms with E-state index < -0.39 is 91.6 Å². The Kier molecular flexibility index (Phi) is 12.4. The van der Waals surface area contributed by atoms with Gasteiger partial charge in [0.2, 0.25) is 5.91 Å². The SMILES string of the molecule is CC(=O)OC[C@H]1O[C@@H](OCCN2NC(C(=O)O)N(C(C)=O)C2OC(=O)Cc2c[nH]nn2)[C@H](OC(C)=O)[C@@H](OC(C)=O)[C@H]1OC(C)=O. The molecule has 2 saturated heterocycles. The van der Waals surface area contributed by atoms with Gasteiger partial charge < -0.3 is 38.3 Å². The van der Waals surface area contributed by atoms with Crippen molar-refractivity contribution < 1.29 is 71.8 Å². The number of hydrogen-bond acceptors (Lipinski definition) is 18. The van der Waals surface area contributed by atoms with E-state index >= 15 is 0 Å². The molecule has 0 aliphatic carbocycles. The predicted molar refractivity (Wildman–Crippen MR) is 142 cm³/mol. The summed E-state index contributed by atoms with van der Waals surface area (Å²) >= 11 is 0. The fraction of sp³-hybridized carbons (Fsp3) is 0.640. The number of H-pyrrole nitrogens is 1. The van der Waals surface area contributed by atoms with Crippen LogP contribution in [0.1, 0.15) is 40.3 Å². The van der Waals surface area contributed by atoms with E-state index in [4.69, 9.17) is 33.2 Å². The Morgan fingerprint density at radius 2 is 1.52 bits per heavy atom. The van der Waals surface area contributed by atoms with Crippen LogP contribution < -0.4 is 5.43 Å². The number of nitrogens with one attached hydrogen (secondary N) is 2. The summed E-state index contributed by atoms with van der Waals surface area (Å²) < 4.78 is 38.1. The van der Waals surface area contributed by atoms with Crippen molar-refractivity contribution in [1.82, 2.24) is 30.7 Å². The number of carboxylic acid groups (broad SMARTS) is 1. The first kappa shape index (κ1) is 35.7. The fourth-order valence-electron chi connectivity index (χ4n) is 4.58. The van der Waals surface area contributed by atoms with Gasteiger partial charge in [-0.25, -0.2) is 10.2 Å². The second kappa shape index (κ2) is 16.0. The third-order valence-electron chi connectivity index (χ3n) is 6.26. The molecule has 2 aliphatic rings. The van der Waals surface area contributed by atoms with E-state index in [2.05, 4.69) is 20.8 Å². The molecule has 0 saturated carbocycles. The number of carbonyl (C=O) groups is 7. The molecule has 254 valence electrons. The van der Waals surface area contributed by atoms with Gasteiger partial charge in [-0.2, -0.15) is 5.01 Å². The van der Waals surface area contributed by atoms with Gasteiger partial charge in [-0.05, 0) is 0 Å². The molecule has 1 aromatic heterocycles. The highest BCUT2D eigenvalue weighted by molar-refractivity contribution is 5.83. The first-order valence-corrected chi connectivity index (χ1v) is 13.7. The summed E-state index contributed by atoms with van der Waals surface area (Å²) in [5.41, 5.74) is 2.78. The number of aliphatic carboxylic acids is 1. The summed E-state index contributed by atoms with van der Waals surface area (Å²) in [6, 6.07) is 0. The van der Waals surface area contributed by atoms with Crippen LogP contribution in [0, 0.1) is 0 Å². The van der Waals surface area contributed by atoms with Gasteiger partial charge in [-0.1, -0.05) is 5.21 Å². The van der Waals surface area contributed by atoms with Gasteiger partial charge in [0.15, 0.2) is 30.8 Å². The molecule has 46 heavy (non-hydrogen) atoms. The molecule has 2 aliphatic heterocycles. The zero-order chi connectivity index (χ0) is 34.1. The standard InChI is InChI=1S/C25H34N6O15/c1-11(32)31-22(23(38)39)28-30(25(31)46-18(37)8-16-9-26-29-27-16)6-7-40-24-21(44-15(5)36)20(43-14(4)35)19(42-13(3)34)17(45-24)10-41-12(2)33/h9,17,19-22,24-25,28H,6-8,10H2,1-5H3,(H,38,39)(H,26,27,29)/t17-,19+,20+,21-,22?,24-,25?/m1/s1. The number of aromatic nitrogens is 3. The summed E-state index contributed by atoms with van der Waals surface area (Å²) in [4.78, 5) is 85.3. The molecule has 1 amide bonds. The molecule has 0 aromatic carbocycles. The average Bonchev–Trinajstić information content (AvgIpc) is 3.58. The molecule has 3 heterocycles. The average molecular weight is 659 g/mol. The number of hydrazine groups is 1. The first-order chi connectivity index (χ1) is 21.7. The van der Waals surface area contributed by atoms with Gasteiger partial charge >= 0.3 is 35.8 Å². The van der Waals surface area contributed by atoms with E-state index in [1.165, 1.54) is 6.20 Å². The Hall–Kier alpha value is -4.73. The van der Waals surface area contributed by atoms with E-state index in [0.29, 0.717) is 0 Å². The molecule has 3 N–H and O–H groups in total. The van der Waals surface area contributed by atoms with Crippen LogP contribution in [0.3, 0.4) is 0 Å². The number of aromatic amines is 1. The van der Waals surface area contributed by atoms with Crippen molar-refractivity contribution in [2.75, 3.05) is 19.8 Å². The lowest BCUT2D eigenvalue weighted by molar-refractivity contribution is -0.309. The number of ether oxygens (including phenoxy) is 7. The van der Waals surface area contributed by atoms with Gasteiger partial charge in [0, 0.05) is 47.4 Å². The number of carbonyl (C=O) groups excluding carboxylic acids is 6. The van der Waals surface area contributed by atoms with E-state index in [9.17, 15) is 38.7 Å². The Morgan fingerprint density at radius 3 is 2.07 bits per heavy atom. The fourth-order valence-corrected chi connectivity index (χ4v) is 4.58. The van der Waals surface area contributed by atoms with Crippen LogP contribution in [0.4, 0.5) is 0 Å². The van der Waals surface area contributed by atoms with Crippen LogP contribution in [0.25, 0.3) is 0 Å². The van der Waals surface area contributed by atoms with Crippen LogP contribution in [0.15, 0.2) is 6.20 Å². The minimum absolute atomic E-state index is 0.221. The van der Waals surface area contributed by atoms with E-state index in [1.54, 1.807) is 0 Å². The van der Waals surface area contributed by atoms with E-state index in [-0.39, 0.29) is 25.3 Å². The quantitative estimate of drug-likeness (QED) is 0.144. The number of esters is 5. The zero-order valence-electron chi connectivity index (χ0n) is 25.4. The number of nitrogens with zero attached hydrogens (tertiary/aromatic N) is 4. The second-order valence-electron chi connectivity index (χ2n) is 9.89. The lowest BCUT2D eigenvalue weighted by atomic mass is 9.98. The molecular formula is C25H34N6O15. The summed E-state index contributed by atoms with van der Waals surface area (Å²) in [5, 5.41) is 20.4. The second-order valence-corrected chi connectivity index (χ2v) is 9.89. The third-order valence-corrected chi connectivity index (χ3v) is 6.26. The highest BCUT2D eigenvalue weighted by atomic mass is 16.7. The normalized spacial score (nSPS) is 26.1. The van der Waals surface area contributed by atoms with Crippen molar-refractivity contribution in [3.8, 4) is 0 Å². The highest BCUT2D eigenvalue weighted by Crippen LogP contribution is 2.30. The van der Waals surface area contributed by atoms with Crippen LogP contribution in [0.5, 0.6) is 0 Å². The van der Waals surface area contributed by atoms with Crippen molar-refractivity contribution in [1.29, 1.82) is 0 Å². The summed E-state index contributed by atoms with van der Waals surface area (Å²) in [5.74, 6) is -6.29. The molecule has 0 radical (unpaired) electrons. The highest BCUT2D eigenvalue weighted by Gasteiger charge is 2.53. The van der Waals surface area contributed by atoms with Gasteiger partial charge in [0.1, 0.15) is 12.7 Å². The summed E-state index contributed by atoms with van der Waals surface area (Å²) in [7, 11) is 0. The lowest BCUT2D eigenvalue weighted by Gasteiger charge is -2.44. The Balaban J connectivity index is 1.84. The van der Waals surface area contributed by atoms with Crippen molar-refractivity contribution in [2.24, 2.45) is 0 Å². The molecule has 3 rings (SSSR count). The zero-order valence-corrected chi connectivity index (χ0v) is 25.4. The van der Waals surface area contributed by atoms with Crippen LogP contribution in [0.2, 0.25) is 0 Å². The van der Waals surface area contributed by atoms with Crippen LogP contribution in [-0.2, 0) is 73.1 Å². The van der Waals surface area contributed by atoms with Gasteiger partial charge in [-0.15, -0.1) is 5.10 Å². The monoisotopic (exact) mass is 658 g/mol.